The van der Waals surface area contributed by atoms with E-state index in [1.807, 2.05) is 24.3 Å². The highest BCUT2D eigenvalue weighted by molar-refractivity contribution is 5.94. The van der Waals surface area contributed by atoms with Crippen molar-refractivity contribution in [3.8, 4) is 5.75 Å². The lowest BCUT2D eigenvalue weighted by Gasteiger charge is -2.57. The first-order valence-corrected chi connectivity index (χ1v) is 10.3. The average Bonchev–Trinajstić information content (AvgIpc) is 2.61. The summed E-state index contributed by atoms with van der Waals surface area (Å²) in [4.78, 5) is 12.7. The van der Waals surface area contributed by atoms with Gasteiger partial charge in [-0.25, -0.2) is 0 Å². The predicted octanol–water partition coefficient (Wildman–Crippen LogP) is 4.38. The molecule has 1 aromatic carbocycles. The summed E-state index contributed by atoms with van der Waals surface area (Å²) >= 11 is 0. The van der Waals surface area contributed by atoms with Gasteiger partial charge < -0.3 is 15.2 Å². The fourth-order valence-electron chi connectivity index (χ4n) is 5.97. The molecule has 0 aliphatic heterocycles. The van der Waals surface area contributed by atoms with Gasteiger partial charge in [-0.15, -0.1) is 0 Å². The van der Waals surface area contributed by atoms with Gasteiger partial charge in [0.2, 0.25) is 0 Å². The second-order valence-electron chi connectivity index (χ2n) is 8.90. The molecule has 4 saturated carbocycles. The van der Waals surface area contributed by atoms with Crippen molar-refractivity contribution in [1.82, 2.24) is 0 Å². The number of aliphatic hydroxyl groups is 1. The molecule has 1 aromatic rings. The molecule has 142 valence electrons. The van der Waals surface area contributed by atoms with Gasteiger partial charge in [0.25, 0.3) is 5.91 Å². The lowest BCUT2D eigenvalue weighted by Crippen LogP contribution is -2.55. The minimum atomic E-state index is -0.892. The Bertz CT molecular complexity index is 604. The molecule has 2 N–H and O–H groups in total. The maximum absolute atomic E-state index is 12.7. The molecule has 1 atom stereocenters. The number of carbonyl (C=O) groups is 1. The van der Waals surface area contributed by atoms with E-state index in [4.69, 9.17) is 4.74 Å². The summed E-state index contributed by atoms with van der Waals surface area (Å²) in [5.74, 6) is 2.75. The largest absolute Gasteiger partial charge is 0.494 e. The van der Waals surface area contributed by atoms with Crippen molar-refractivity contribution in [1.29, 1.82) is 0 Å². The Morgan fingerprint density at radius 2 is 1.73 bits per heavy atom. The van der Waals surface area contributed by atoms with Crippen LogP contribution in [-0.4, -0.2) is 23.7 Å². The molecule has 0 aromatic heterocycles. The lowest BCUT2D eigenvalue weighted by molar-refractivity contribution is -0.150. The second-order valence-corrected chi connectivity index (χ2v) is 8.90. The number of benzene rings is 1. The van der Waals surface area contributed by atoms with Crippen LogP contribution < -0.4 is 10.1 Å². The van der Waals surface area contributed by atoms with E-state index in [-0.39, 0.29) is 11.3 Å². The number of anilines is 1. The summed E-state index contributed by atoms with van der Waals surface area (Å²) in [7, 11) is 0. The van der Waals surface area contributed by atoms with E-state index in [0.29, 0.717) is 6.61 Å². The number of carbonyl (C=O) groups excluding carboxylic acids is 1. The number of amides is 1. The highest BCUT2D eigenvalue weighted by atomic mass is 16.5. The third-order valence-corrected chi connectivity index (χ3v) is 6.80. The monoisotopic (exact) mass is 357 g/mol. The van der Waals surface area contributed by atoms with Crippen LogP contribution in [0.4, 0.5) is 5.69 Å². The summed E-state index contributed by atoms with van der Waals surface area (Å²) in [6.45, 7) is 2.85. The highest BCUT2D eigenvalue weighted by Gasteiger charge is 2.55. The lowest BCUT2D eigenvalue weighted by atomic mass is 9.48. The van der Waals surface area contributed by atoms with Gasteiger partial charge in [0.15, 0.2) is 0 Å². The van der Waals surface area contributed by atoms with Crippen molar-refractivity contribution in [2.24, 2.45) is 23.2 Å². The molecule has 1 unspecified atom stereocenters. The number of hydrogen-bond acceptors (Lipinski definition) is 3. The summed E-state index contributed by atoms with van der Waals surface area (Å²) < 4.78 is 5.66. The Kier molecular flexibility index (Phi) is 4.96. The van der Waals surface area contributed by atoms with Crippen LogP contribution in [0, 0.1) is 23.2 Å². The molecule has 4 aliphatic rings. The molecule has 0 heterocycles. The van der Waals surface area contributed by atoms with Gasteiger partial charge in [-0.1, -0.05) is 13.3 Å². The second kappa shape index (κ2) is 7.22. The summed E-state index contributed by atoms with van der Waals surface area (Å²) in [6, 6.07) is 7.46. The highest BCUT2D eigenvalue weighted by Crippen LogP contribution is 2.61. The van der Waals surface area contributed by atoms with Crippen LogP contribution in [0.1, 0.15) is 58.3 Å². The number of unbranched alkanes of at least 4 members (excludes halogenated alkanes) is 1. The van der Waals surface area contributed by atoms with Crippen LogP contribution in [0.15, 0.2) is 24.3 Å². The number of aliphatic hydroxyl groups excluding tert-OH is 1. The fraction of sp³-hybridized carbons (Fsp3) is 0.682. The zero-order valence-electron chi connectivity index (χ0n) is 15.7. The van der Waals surface area contributed by atoms with Crippen molar-refractivity contribution in [2.75, 3.05) is 11.9 Å². The van der Waals surface area contributed by atoms with Crippen LogP contribution in [0.2, 0.25) is 0 Å². The van der Waals surface area contributed by atoms with Gasteiger partial charge in [0.05, 0.1) is 6.61 Å². The number of nitrogens with one attached hydrogen (secondary N) is 1. The maximum atomic E-state index is 12.7. The van der Waals surface area contributed by atoms with E-state index < -0.39 is 6.10 Å². The van der Waals surface area contributed by atoms with Gasteiger partial charge in [-0.3, -0.25) is 4.79 Å². The van der Waals surface area contributed by atoms with E-state index in [2.05, 4.69) is 12.2 Å². The Balaban J connectivity index is 1.37. The molecule has 4 bridgehead atoms. The van der Waals surface area contributed by atoms with Crippen molar-refractivity contribution in [3.63, 3.8) is 0 Å². The zero-order valence-corrected chi connectivity index (χ0v) is 15.7. The molecular weight excluding hydrogens is 326 g/mol. The zero-order chi connectivity index (χ0) is 18.1. The Morgan fingerprint density at radius 1 is 1.15 bits per heavy atom. The van der Waals surface area contributed by atoms with Crippen LogP contribution in [0.3, 0.4) is 0 Å². The summed E-state index contributed by atoms with van der Waals surface area (Å²) in [6.07, 6.45) is 8.27. The summed E-state index contributed by atoms with van der Waals surface area (Å²) in [5.41, 5.74) is 0.545. The molecule has 4 fully saturated rings. The van der Waals surface area contributed by atoms with E-state index in [1.165, 1.54) is 19.3 Å². The number of ether oxygens (including phenoxy) is 1. The topological polar surface area (TPSA) is 58.6 Å². The van der Waals surface area contributed by atoms with Gasteiger partial charge >= 0.3 is 0 Å². The number of hydrogen-bond donors (Lipinski definition) is 2. The minimum Gasteiger partial charge on any atom is -0.494 e. The van der Waals surface area contributed by atoms with Gasteiger partial charge in [-0.2, -0.15) is 0 Å². The maximum Gasteiger partial charge on any atom is 0.253 e. The van der Waals surface area contributed by atoms with Gasteiger partial charge in [0, 0.05) is 11.1 Å². The van der Waals surface area contributed by atoms with Gasteiger partial charge in [0.1, 0.15) is 11.9 Å². The van der Waals surface area contributed by atoms with E-state index in [1.54, 1.807) is 0 Å². The van der Waals surface area contributed by atoms with Crippen LogP contribution in [0.25, 0.3) is 0 Å². The van der Waals surface area contributed by atoms with Crippen molar-refractivity contribution >= 4 is 11.6 Å². The Labute approximate surface area is 156 Å². The van der Waals surface area contributed by atoms with E-state index in [0.717, 1.165) is 61.3 Å². The first kappa shape index (κ1) is 17.8. The van der Waals surface area contributed by atoms with Crippen molar-refractivity contribution in [3.05, 3.63) is 24.3 Å². The van der Waals surface area contributed by atoms with Crippen LogP contribution >= 0.6 is 0 Å². The third kappa shape index (κ3) is 3.48. The predicted molar refractivity (Wildman–Crippen MR) is 102 cm³/mol. The van der Waals surface area contributed by atoms with Crippen LogP contribution in [-0.2, 0) is 4.79 Å². The molecule has 4 nitrogen and oxygen atoms in total. The van der Waals surface area contributed by atoms with Crippen molar-refractivity contribution < 1.29 is 14.6 Å². The standard InChI is InChI=1S/C22H31NO3/c1-2-3-8-26-19-6-4-18(5-7-19)23-21(25)20(24)22-12-15-9-16(13-22)11-17(10-15)14-22/h4-7,15-17,20,24H,2-3,8-14H2,1H3,(H,23,25). The average molecular weight is 357 g/mol. The Hall–Kier alpha value is -1.55. The molecular formula is C22H31NO3. The molecule has 5 rings (SSSR count). The quantitative estimate of drug-likeness (QED) is 0.712. The molecule has 4 aliphatic carbocycles. The van der Waals surface area contributed by atoms with E-state index in [9.17, 15) is 9.90 Å². The third-order valence-electron chi connectivity index (χ3n) is 6.80. The molecule has 0 spiro atoms. The Morgan fingerprint density at radius 3 is 2.27 bits per heavy atom. The minimum absolute atomic E-state index is 0.179. The normalized spacial score (nSPS) is 33.1. The number of rotatable bonds is 7. The molecule has 0 saturated heterocycles. The summed E-state index contributed by atoms with van der Waals surface area (Å²) in [5, 5.41) is 13.8. The molecule has 0 radical (unpaired) electrons. The smallest absolute Gasteiger partial charge is 0.253 e. The van der Waals surface area contributed by atoms with Crippen molar-refractivity contribution in [2.45, 2.75) is 64.4 Å². The van der Waals surface area contributed by atoms with Gasteiger partial charge in [-0.05, 0) is 87.0 Å². The fourth-order valence-corrected chi connectivity index (χ4v) is 5.97. The van der Waals surface area contributed by atoms with Crippen LogP contribution in [0.5, 0.6) is 5.75 Å². The molecule has 26 heavy (non-hydrogen) atoms. The molecule has 4 heteroatoms. The SMILES string of the molecule is CCCCOc1ccc(NC(=O)C(O)C23CC4CC(CC(C4)C2)C3)cc1. The molecule has 1 amide bonds. The van der Waals surface area contributed by atoms with E-state index >= 15 is 0 Å². The first-order valence-electron chi connectivity index (χ1n) is 10.3. The first-order chi connectivity index (χ1) is 12.6.